The largest absolute Gasteiger partial charge is 0.333 e. The van der Waals surface area contributed by atoms with Gasteiger partial charge in [0.05, 0.1) is 28.7 Å². The van der Waals surface area contributed by atoms with Crippen LogP contribution in [0.5, 0.6) is 0 Å². The average Bonchev–Trinajstić information content (AvgIpc) is 2.58. The van der Waals surface area contributed by atoms with Gasteiger partial charge in [-0.3, -0.25) is 9.59 Å². The molecule has 0 radical (unpaired) electrons. The quantitative estimate of drug-likeness (QED) is 0.767. The molecule has 0 spiro atoms. The van der Waals surface area contributed by atoms with Crippen molar-refractivity contribution in [3.8, 4) is 0 Å². The van der Waals surface area contributed by atoms with Crippen LogP contribution in [0.1, 0.15) is 12.5 Å². The van der Waals surface area contributed by atoms with Crippen molar-refractivity contribution in [2.45, 2.75) is 13.3 Å². The zero-order chi connectivity index (χ0) is 18.4. The molecule has 1 N–H and O–H groups in total. The Morgan fingerprint density at radius 2 is 1.56 bits per heavy atom. The first-order valence-electron chi connectivity index (χ1n) is 7.67. The van der Waals surface area contributed by atoms with E-state index in [0.29, 0.717) is 27.3 Å². The van der Waals surface area contributed by atoms with Crippen LogP contribution in [0.3, 0.4) is 0 Å². The van der Waals surface area contributed by atoms with Gasteiger partial charge in [-0.25, -0.2) is 0 Å². The summed E-state index contributed by atoms with van der Waals surface area (Å²) in [5.41, 5.74) is 1.06. The Balaban J connectivity index is 2.02. The SMILES string of the molecule is CCN(CC(=O)Nc1c(Cl)cccc1Cl)C(=O)Cc1ccccc1Cl. The first-order valence-corrected chi connectivity index (χ1v) is 8.80. The molecule has 4 nitrogen and oxygen atoms in total. The first kappa shape index (κ1) is 19.6. The van der Waals surface area contributed by atoms with Gasteiger partial charge in [0.25, 0.3) is 0 Å². The minimum Gasteiger partial charge on any atom is -0.333 e. The Hall–Kier alpha value is -1.75. The number of nitrogens with one attached hydrogen (secondary N) is 1. The summed E-state index contributed by atoms with van der Waals surface area (Å²) in [6, 6.07) is 12.1. The lowest BCUT2D eigenvalue weighted by molar-refractivity contribution is -0.133. The van der Waals surface area contributed by atoms with Crippen LogP contribution < -0.4 is 5.32 Å². The van der Waals surface area contributed by atoms with Gasteiger partial charge in [-0.15, -0.1) is 0 Å². The highest BCUT2D eigenvalue weighted by atomic mass is 35.5. The molecule has 0 bridgehead atoms. The number of rotatable bonds is 6. The molecule has 25 heavy (non-hydrogen) atoms. The summed E-state index contributed by atoms with van der Waals surface area (Å²) in [4.78, 5) is 26.2. The molecule has 132 valence electrons. The van der Waals surface area contributed by atoms with Crippen LogP contribution in [0.15, 0.2) is 42.5 Å². The average molecular weight is 400 g/mol. The van der Waals surface area contributed by atoms with Crippen molar-refractivity contribution in [3.05, 3.63) is 63.1 Å². The highest BCUT2D eigenvalue weighted by Gasteiger charge is 2.18. The van der Waals surface area contributed by atoms with E-state index < -0.39 is 0 Å². The van der Waals surface area contributed by atoms with Crippen LogP contribution >= 0.6 is 34.8 Å². The molecule has 7 heteroatoms. The molecule has 0 saturated carbocycles. The van der Waals surface area contributed by atoms with Crippen molar-refractivity contribution in [3.63, 3.8) is 0 Å². The molecule has 2 aromatic rings. The monoisotopic (exact) mass is 398 g/mol. The fourth-order valence-corrected chi connectivity index (χ4v) is 2.96. The number of carbonyl (C=O) groups is 2. The summed E-state index contributed by atoms with van der Waals surface area (Å²) < 4.78 is 0. The van der Waals surface area contributed by atoms with Crippen molar-refractivity contribution in [2.24, 2.45) is 0 Å². The van der Waals surface area contributed by atoms with Crippen LogP contribution in [0.25, 0.3) is 0 Å². The van der Waals surface area contributed by atoms with E-state index in [1.807, 2.05) is 6.07 Å². The maximum atomic E-state index is 12.5. The van der Waals surface area contributed by atoms with Crippen molar-refractivity contribution >= 4 is 52.3 Å². The van der Waals surface area contributed by atoms with Crippen LogP contribution in [0.4, 0.5) is 5.69 Å². The fraction of sp³-hybridized carbons (Fsp3) is 0.222. The van der Waals surface area contributed by atoms with E-state index in [1.54, 1.807) is 43.3 Å². The van der Waals surface area contributed by atoms with Gasteiger partial charge in [0.2, 0.25) is 11.8 Å². The lowest BCUT2D eigenvalue weighted by Crippen LogP contribution is -2.38. The van der Waals surface area contributed by atoms with E-state index in [4.69, 9.17) is 34.8 Å². The summed E-state index contributed by atoms with van der Waals surface area (Å²) in [5, 5.41) is 3.86. The third-order valence-electron chi connectivity index (χ3n) is 3.60. The third-order valence-corrected chi connectivity index (χ3v) is 4.59. The zero-order valence-electron chi connectivity index (χ0n) is 13.6. The number of amides is 2. The molecule has 0 unspecified atom stereocenters. The normalized spacial score (nSPS) is 10.4. The van der Waals surface area contributed by atoms with Crippen LogP contribution in [-0.4, -0.2) is 29.8 Å². The summed E-state index contributed by atoms with van der Waals surface area (Å²) in [6.07, 6.45) is 0.133. The molecule has 0 atom stereocenters. The van der Waals surface area contributed by atoms with Gasteiger partial charge in [-0.2, -0.15) is 0 Å². The lowest BCUT2D eigenvalue weighted by Gasteiger charge is -2.21. The minimum atomic E-state index is -0.371. The highest BCUT2D eigenvalue weighted by Crippen LogP contribution is 2.29. The number of nitrogens with zero attached hydrogens (tertiary/aromatic N) is 1. The lowest BCUT2D eigenvalue weighted by atomic mass is 10.1. The summed E-state index contributed by atoms with van der Waals surface area (Å²) >= 11 is 18.2. The number of hydrogen-bond donors (Lipinski definition) is 1. The Bertz CT molecular complexity index is 760. The standard InChI is InChI=1S/C18H17Cl3N2O2/c1-2-23(17(25)10-12-6-3-4-7-13(12)19)11-16(24)22-18-14(20)8-5-9-15(18)21/h3-9H,2,10-11H2,1H3,(H,22,24). The van der Waals surface area contributed by atoms with Gasteiger partial charge in [0.15, 0.2) is 0 Å². The molecule has 0 aliphatic heterocycles. The smallest absolute Gasteiger partial charge is 0.244 e. The fourth-order valence-electron chi connectivity index (χ4n) is 2.26. The van der Waals surface area contributed by atoms with Crippen molar-refractivity contribution in [1.82, 2.24) is 4.90 Å². The van der Waals surface area contributed by atoms with Gasteiger partial charge >= 0.3 is 0 Å². The molecule has 2 rings (SSSR count). The van der Waals surface area contributed by atoms with Crippen molar-refractivity contribution in [2.75, 3.05) is 18.4 Å². The Kier molecular flexibility index (Phi) is 7.12. The van der Waals surface area contributed by atoms with Gasteiger partial charge in [0, 0.05) is 11.6 Å². The molecule has 2 amide bonds. The Morgan fingerprint density at radius 1 is 0.960 bits per heavy atom. The maximum Gasteiger partial charge on any atom is 0.244 e. The van der Waals surface area contributed by atoms with Gasteiger partial charge in [0.1, 0.15) is 0 Å². The summed E-state index contributed by atoms with van der Waals surface area (Å²) in [7, 11) is 0. The van der Waals surface area contributed by atoms with Gasteiger partial charge < -0.3 is 10.2 Å². The topological polar surface area (TPSA) is 49.4 Å². The summed E-state index contributed by atoms with van der Waals surface area (Å²) in [5.74, 6) is -0.555. The molecule has 0 fully saturated rings. The number of benzene rings is 2. The number of likely N-dealkylation sites (N-methyl/N-ethyl adjacent to an activating group) is 1. The van der Waals surface area contributed by atoms with Crippen molar-refractivity contribution in [1.29, 1.82) is 0 Å². The van der Waals surface area contributed by atoms with E-state index >= 15 is 0 Å². The predicted octanol–water partition coefficient (Wildman–Crippen LogP) is 4.68. The predicted molar refractivity (Wildman–Crippen MR) is 103 cm³/mol. The highest BCUT2D eigenvalue weighted by molar-refractivity contribution is 6.39. The molecule has 0 heterocycles. The third kappa shape index (κ3) is 5.36. The van der Waals surface area contributed by atoms with E-state index in [0.717, 1.165) is 5.56 Å². The minimum absolute atomic E-state index is 0.0959. The molecule has 2 aromatic carbocycles. The van der Waals surface area contributed by atoms with E-state index in [2.05, 4.69) is 5.32 Å². The molecular weight excluding hydrogens is 383 g/mol. The second-order valence-electron chi connectivity index (χ2n) is 5.32. The number of halogens is 3. The molecule has 0 aliphatic rings. The van der Waals surface area contributed by atoms with Crippen LogP contribution in [-0.2, 0) is 16.0 Å². The summed E-state index contributed by atoms with van der Waals surface area (Å²) in [6.45, 7) is 2.11. The first-order chi connectivity index (χ1) is 11.9. The second-order valence-corrected chi connectivity index (χ2v) is 6.54. The molecule has 0 saturated heterocycles. The van der Waals surface area contributed by atoms with Gasteiger partial charge in [-0.05, 0) is 30.7 Å². The van der Waals surface area contributed by atoms with E-state index in [9.17, 15) is 9.59 Å². The second kappa shape index (κ2) is 9.09. The van der Waals surface area contributed by atoms with E-state index in [-0.39, 0.29) is 24.8 Å². The maximum absolute atomic E-state index is 12.5. The zero-order valence-corrected chi connectivity index (χ0v) is 15.8. The van der Waals surface area contributed by atoms with Crippen LogP contribution in [0.2, 0.25) is 15.1 Å². The Morgan fingerprint density at radius 3 is 2.16 bits per heavy atom. The number of carbonyl (C=O) groups excluding carboxylic acids is 2. The number of hydrogen-bond acceptors (Lipinski definition) is 2. The molecular formula is C18H17Cl3N2O2. The van der Waals surface area contributed by atoms with E-state index in [1.165, 1.54) is 4.90 Å². The molecule has 0 aliphatic carbocycles. The molecule has 0 aromatic heterocycles. The van der Waals surface area contributed by atoms with Crippen molar-refractivity contribution < 1.29 is 9.59 Å². The number of para-hydroxylation sites is 1. The van der Waals surface area contributed by atoms with Gasteiger partial charge in [-0.1, -0.05) is 59.1 Å². The van der Waals surface area contributed by atoms with Crippen LogP contribution in [0, 0.1) is 0 Å². The number of anilines is 1. The Labute approximate surface area is 161 Å².